The Kier molecular flexibility index (Phi) is 4.08. The van der Waals surface area contributed by atoms with E-state index >= 15 is 0 Å². The fourth-order valence-electron chi connectivity index (χ4n) is 3.47. The van der Waals surface area contributed by atoms with Gasteiger partial charge in [-0.1, -0.05) is 12.8 Å². The molecule has 0 aromatic rings. The third-order valence-electron chi connectivity index (χ3n) is 4.79. The van der Waals surface area contributed by atoms with Gasteiger partial charge in [0.25, 0.3) is 0 Å². The molecule has 2 fully saturated rings. The summed E-state index contributed by atoms with van der Waals surface area (Å²) in [5, 5.41) is 7.12. The molecule has 0 radical (unpaired) electrons. The van der Waals surface area contributed by atoms with E-state index in [2.05, 4.69) is 0 Å². The number of halogens is 3. The van der Waals surface area contributed by atoms with Crippen molar-refractivity contribution >= 4 is 5.84 Å². The maximum absolute atomic E-state index is 12.8. The Morgan fingerprint density at radius 3 is 2.11 bits per heavy atom. The number of hydrogen-bond donors (Lipinski definition) is 2. The molecule has 1 saturated carbocycles. The first-order valence-corrected chi connectivity index (χ1v) is 6.95. The van der Waals surface area contributed by atoms with Gasteiger partial charge in [-0.15, -0.1) is 0 Å². The molecule has 3 nitrogen and oxygen atoms in total. The summed E-state index contributed by atoms with van der Waals surface area (Å²) in [6, 6.07) is 0. The van der Waals surface area contributed by atoms with Crippen LogP contribution in [0.25, 0.3) is 0 Å². The zero-order chi connectivity index (χ0) is 14.1. The van der Waals surface area contributed by atoms with Gasteiger partial charge in [-0.05, 0) is 44.2 Å². The summed E-state index contributed by atoms with van der Waals surface area (Å²) in [7, 11) is 0. The second-order valence-electron chi connectivity index (χ2n) is 6.06. The molecule has 1 unspecified atom stereocenters. The number of rotatable bonds is 3. The molecule has 3 N–H and O–H groups in total. The van der Waals surface area contributed by atoms with Gasteiger partial charge >= 0.3 is 6.18 Å². The zero-order valence-corrected chi connectivity index (χ0v) is 11.1. The van der Waals surface area contributed by atoms with Crippen LogP contribution in [0.5, 0.6) is 0 Å². The molecule has 0 amide bonds. The second-order valence-corrected chi connectivity index (χ2v) is 6.06. The van der Waals surface area contributed by atoms with Crippen molar-refractivity contribution in [1.29, 1.82) is 5.41 Å². The van der Waals surface area contributed by atoms with Crippen LogP contribution in [-0.2, 0) is 0 Å². The lowest BCUT2D eigenvalue weighted by Crippen LogP contribution is -2.47. The van der Waals surface area contributed by atoms with E-state index in [1.165, 1.54) is 25.7 Å². The highest BCUT2D eigenvalue weighted by atomic mass is 19.4. The first-order valence-electron chi connectivity index (χ1n) is 6.95. The molecule has 2 rings (SSSR count). The van der Waals surface area contributed by atoms with Gasteiger partial charge in [0.15, 0.2) is 0 Å². The molecule has 6 heteroatoms. The molecule has 1 spiro atoms. The predicted molar refractivity (Wildman–Crippen MR) is 68.0 cm³/mol. The van der Waals surface area contributed by atoms with Crippen LogP contribution >= 0.6 is 0 Å². The summed E-state index contributed by atoms with van der Waals surface area (Å²) in [5.74, 6) is -2.58. The van der Waals surface area contributed by atoms with Crippen LogP contribution in [0.15, 0.2) is 0 Å². The maximum Gasteiger partial charge on any atom is 0.399 e. The minimum absolute atomic E-state index is 0.158. The lowest BCUT2D eigenvalue weighted by molar-refractivity contribution is -0.161. The van der Waals surface area contributed by atoms with Crippen molar-refractivity contribution in [3.63, 3.8) is 0 Å². The van der Waals surface area contributed by atoms with Gasteiger partial charge in [0.05, 0.1) is 0 Å². The van der Waals surface area contributed by atoms with Crippen LogP contribution < -0.4 is 5.73 Å². The van der Waals surface area contributed by atoms with E-state index in [4.69, 9.17) is 11.1 Å². The summed E-state index contributed by atoms with van der Waals surface area (Å²) in [4.78, 5) is 1.82. The highest BCUT2D eigenvalue weighted by Gasteiger charge is 2.44. The molecule has 1 heterocycles. The SMILES string of the molecule is N=C(N)C(CN1CCC2(CCCC2)CC1)C(F)(F)F. The summed E-state index contributed by atoms with van der Waals surface area (Å²) in [6.45, 7) is 1.26. The molecule has 0 bridgehead atoms. The maximum atomic E-state index is 12.8. The summed E-state index contributed by atoms with van der Waals surface area (Å²) in [6.07, 6.45) is 2.57. The summed E-state index contributed by atoms with van der Waals surface area (Å²) < 4.78 is 38.3. The van der Waals surface area contributed by atoms with Gasteiger partial charge in [-0.3, -0.25) is 5.41 Å². The van der Waals surface area contributed by atoms with Crippen molar-refractivity contribution in [2.24, 2.45) is 17.1 Å². The molecule has 1 aliphatic heterocycles. The molecular formula is C13H22F3N3. The average molecular weight is 277 g/mol. The quantitative estimate of drug-likeness (QED) is 0.615. The first-order chi connectivity index (χ1) is 8.82. The molecule has 0 aromatic carbocycles. The fourth-order valence-corrected chi connectivity index (χ4v) is 3.47. The van der Waals surface area contributed by atoms with Crippen molar-refractivity contribution in [2.45, 2.75) is 44.7 Å². The van der Waals surface area contributed by atoms with Crippen molar-refractivity contribution in [2.75, 3.05) is 19.6 Å². The molecule has 19 heavy (non-hydrogen) atoms. The number of hydrogen-bond acceptors (Lipinski definition) is 2. The smallest absolute Gasteiger partial charge is 0.387 e. The predicted octanol–water partition coefficient (Wildman–Crippen LogP) is 2.76. The van der Waals surface area contributed by atoms with Gasteiger partial charge in [-0.2, -0.15) is 13.2 Å². The number of amidine groups is 1. The van der Waals surface area contributed by atoms with Crippen LogP contribution in [0, 0.1) is 16.7 Å². The summed E-state index contributed by atoms with van der Waals surface area (Å²) >= 11 is 0. The van der Waals surface area contributed by atoms with Crippen LogP contribution in [0.4, 0.5) is 13.2 Å². The number of piperidine rings is 1. The molecule has 2 aliphatic rings. The Bertz CT molecular complexity index is 325. The average Bonchev–Trinajstić information content (AvgIpc) is 2.75. The van der Waals surface area contributed by atoms with Crippen LogP contribution in [0.2, 0.25) is 0 Å². The number of alkyl halides is 3. The Balaban J connectivity index is 1.89. The van der Waals surface area contributed by atoms with E-state index in [1.807, 2.05) is 4.90 Å². The first kappa shape index (κ1) is 14.6. The Morgan fingerprint density at radius 2 is 1.68 bits per heavy atom. The van der Waals surface area contributed by atoms with Crippen molar-refractivity contribution in [3.05, 3.63) is 0 Å². The van der Waals surface area contributed by atoms with E-state index < -0.39 is 17.9 Å². The van der Waals surface area contributed by atoms with E-state index in [0.717, 1.165) is 12.8 Å². The van der Waals surface area contributed by atoms with Crippen LogP contribution in [0.3, 0.4) is 0 Å². The van der Waals surface area contributed by atoms with E-state index in [9.17, 15) is 13.2 Å². The highest BCUT2D eigenvalue weighted by molar-refractivity contribution is 5.80. The number of nitrogens with zero attached hydrogens (tertiary/aromatic N) is 1. The minimum Gasteiger partial charge on any atom is -0.387 e. The fraction of sp³-hybridized carbons (Fsp3) is 0.923. The largest absolute Gasteiger partial charge is 0.399 e. The molecule has 0 aromatic heterocycles. The van der Waals surface area contributed by atoms with Crippen LogP contribution in [0.1, 0.15) is 38.5 Å². The standard InChI is InChI=1S/C13H22F3N3/c14-13(15,16)10(11(17)18)9-19-7-5-12(6-8-19)3-1-2-4-12/h10H,1-9H2,(H3,17,18). The van der Waals surface area contributed by atoms with Gasteiger partial charge < -0.3 is 10.6 Å². The molecule has 1 atom stereocenters. The topological polar surface area (TPSA) is 53.1 Å². The van der Waals surface area contributed by atoms with Crippen molar-refractivity contribution < 1.29 is 13.2 Å². The molecule has 1 saturated heterocycles. The zero-order valence-electron chi connectivity index (χ0n) is 11.1. The number of nitrogens with two attached hydrogens (primary N) is 1. The molecule has 1 aliphatic carbocycles. The minimum atomic E-state index is -4.41. The normalized spacial score (nSPS) is 25.6. The van der Waals surface area contributed by atoms with Gasteiger partial charge in [0.2, 0.25) is 0 Å². The Hall–Kier alpha value is -0.780. The van der Waals surface area contributed by atoms with Gasteiger partial charge in [0.1, 0.15) is 11.8 Å². The lowest BCUT2D eigenvalue weighted by Gasteiger charge is -2.40. The third-order valence-corrected chi connectivity index (χ3v) is 4.79. The van der Waals surface area contributed by atoms with Gasteiger partial charge in [0, 0.05) is 6.54 Å². The van der Waals surface area contributed by atoms with Gasteiger partial charge in [-0.25, -0.2) is 0 Å². The molecular weight excluding hydrogens is 255 g/mol. The lowest BCUT2D eigenvalue weighted by atomic mass is 9.77. The second kappa shape index (κ2) is 5.31. The Labute approximate surface area is 111 Å². The number of nitrogens with one attached hydrogen (secondary N) is 1. The monoisotopic (exact) mass is 277 g/mol. The van der Waals surface area contributed by atoms with Crippen molar-refractivity contribution in [3.8, 4) is 0 Å². The number of likely N-dealkylation sites (tertiary alicyclic amines) is 1. The third kappa shape index (κ3) is 3.41. The molecule has 110 valence electrons. The van der Waals surface area contributed by atoms with E-state index in [1.54, 1.807) is 0 Å². The van der Waals surface area contributed by atoms with E-state index in [0.29, 0.717) is 18.5 Å². The summed E-state index contributed by atoms with van der Waals surface area (Å²) in [5.41, 5.74) is 5.50. The van der Waals surface area contributed by atoms with Crippen molar-refractivity contribution in [1.82, 2.24) is 4.90 Å². The Morgan fingerprint density at radius 1 is 1.16 bits per heavy atom. The van der Waals surface area contributed by atoms with E-state index in [-0.39, 0.29) is 6.54 Å². The highest BCUT2D eigenvalue weighted by Crippen LogP contribution is 2.46. The van der Waals surface area contributed by atoms with Crippen LogP contribution in [-0.4, -0.2) is 36.5 Å².